The molecular formula is C25H17BrN4O2. The third-order valence-corrected chi connectivity index (χ3v) is 5.96. The van der Waals surface area contributed by atoms with Gasteiger partial charge in [-0.25, -0.2) is 9.97 Å². The maximum absolute atomic E-state index is 12.0. The Bertz CT molecular complexity index is 1310. The standard InChI is InChI=1S/C25H17BrN4O2/c26-22-16-27-24-23(28-22)21(30(31)32)17-29(24)25(18-10-4-1-5-11-18,19-12-6-2-7-13-19)20-14-8-3-9-15-20/h1-17H. The molecule has 0 unspecified atom stereocenters. The van der Waals surface area contributed by atoms with Crippen molar-refractivity contribution >= 4 is 32.8 Å². The van der Waals surface area contributed by atoms with Gasteiger partial charge in [-0.1, -0.05) is 91.0 Å². The molecule has 0 aliphatic carbocycles. The summed E-state index contributed by atoms with van der Waals surface area (Å²) in [6.07, 6.45) is 3.11. The number of hydrogen-bond donors (Lipinski definition) is 0. The van der Waals surface area contributed by atoms with E-state index in [2.05, 4.69) is 25.9 Å². The molecule has 0 saturated carbocycles. The lowest BCUT2D eigenvalue weighted by Crippen LogP contribution is -2.37. The van der Waals surface area contributed by atoms with Gasteiger partial charge in [0, 0.05) is 0 Å². The zero-order valence-corrected chi connectivity index (χ0v) is 18.4. The summed E-state index contributed by atoms with van der Waals surface area (Å²) in [5.41, 5.74) is 2.52. The molecular weight excluding hydrogens is 468 g/mol. The molecule has 156 valence electrons. The van der Waals surface area contributed by atoms with Crippen LogP contribution in [0.3, 0.4) is 0 Å². The largest absolute Gasteiger partial charge is 0.314 e. The number of aromatic nitrogens is 3. The normalized spacial score (nSPS) is 11.5. The fraction of sp³-hybridized carbons (Fsp3) is 0.0400. The van der Waals surface area contributed by atoms with Gasteiger partial charge < -0.3 is 4.57 Å². The van der Waals surface area contributed by atoms with Crippen LogP contribution < -0.4 is 0 Å². The Labute approximate surface area is 192 Å². The van der Waals surface area contributed by atoms with Gasteiger partial charge in [-0.3, -0.25) is 10.1 Å². The SMILES string of the molecule is O=[N+]([O-])c1cn(C(c2ccccc2)(c2ccccc2)c2ccccc2)c2ncc(Br)nc12. The summed E-state index contributed by atoms with van der Waals surface area (Å²) >= 11 is 3.30. The topological polar surface area (TPSA) is 73.8 Å². The Morgan fingerprint density at radius 2 is 1.28 bits per heavy atom. The van der Waals surface area contributed by atoms with Gasteiger partial charge in [0.05, 0.1) is 17.3 Å². The van der Waals surface area contributed by atoms with Crippen molar-refractivity contribution < 1.29 is 4.92 Å². The minimum atomic E-state index is -0.904. The van der Waals surface area contributed by atoms with Crippen molar-refractivity contribution in [3.8, 4) is 0 Å². The van der Waals surface area contributed by atoms with E-state index in [-0.39, 0.29) is 11.2 Å². The molecule has 0 fully saturated rings. The Kier molecular flexibility index (Phi) is 5.03. The molecule has 7 heteroatoms. The van der Waals surface area contributed by atoms with Crippen LogP contribution in [0.15, 0.2) is 108 Å². The van der Waals surface area contributed by atoms with Crippen LogP contribution in [0, 0.1) is 10.1 Å². The van der Waals surface area contributed by atoms with Crippen molar-refractivity contribution in [1.82, 2.24) is 14.5 Å². The zero-order valence-electron chi connectivity index (χ0n) is 16.8. The smallest absolute Gasteiger partial charge is 0.306 e. The summed E-state index contributed by atoms with van der Waals surface area (Å²) in [6.45, 7) is 0. The highest BCUT2D eigenvalue weighted by Gasteiger charge is 2.41. The van der Waals surface area contributed by atoms with Gasteiger partial charge in [0.2, 0.25) is 0 Å². The highest BCUT2D eigenvalue weighted by Crippen LogP contribution is 2.44. The summed E-state index contributed by atoms with van der Waals surface area (Å²) in [4.78, 5) is 20.6. The molecule has 0 radical (unpaired) electrons. The summed E-state index contributed by atoms with van der Waals surface area (Å²) in [7, 11) is 0. The fourth-order valence-electron chi connectivity index (χ4n) is 4.30. The molecule has 2 aromatic heterocycles. The first-order chi connectivity index (χ1) is 15.6. The van der Waals surface area contributed by atoms with Gasteiger partial charge in [-0.15, -0.1) is 0 Å². The summed E-state index contributed by atoms with van der Waals surface area (Å²) in [6, 6.07) is 29.9. The quantitative estimate of drug-likeness (QED) is 0.175. The van der Waals surface area contributed by atoms with E-state index in [9.17, 15) is 10.1 Å². The van der Waals surface area contributed by atoms with Gasteiger partial charge in [-0.05, 0) is 32.6 Å². The zero-order chi connectivity index (χ0) is 22.1. The fourth-order valence-corrected chi connectivity index (χ4v) is 4.58. The molecule has 32 heavy (non-hydrogen) atoms. The van der Waals surface area contributed by atoms with Gasteiger partial charge in [0.15, 0.2) is 11.2 Å². The molecule has 0 aliphatic rings. The molecule has 0 aliphatic heterocycles. The van der Waals surface area contributed by atoms with E-state index in [0.29, 0.717) is 10.3 Å². The van der Waals surface area contributed by atoms with Crippen LogP contribution in [0.2, 0.25) is 0 Å². The molecule has 0 amide bonds. The summed E-state index contributed by atoms with van der Waals surface area (Å²) < 4.78 is 2.32. The van der Waals surface area contributed by atoms with E-state index in [0.717, 1.165) is 16.7 Å². The molecule has 3 aromatic carbocycles. The Morgan fingerprint density at radius 3 is 1.72 bits per heavy atom. The molecule has 5 aromatic rings. The molecule has 0 spiro atoms. The number of benzene rings is 3. The Hall–Kier alpha value is -3.84. The predicted octanol–water partition coefficient (Wildman–Crippen LogP) is 5.94. The first-order valence-corrected chi connectivity index (χ1v) is 10.8. The van der Waals surface area contributed by atoms with E-state index in [4.69, 9.17) is 0 Å². The van der Waals surface area contributed by atoms with Crippen LogP contribution in [0.4, 0.5) is 5.69 Å². The molecule has 6 nitrogen and oxygen atoms in total. The second-order valence-electron chi connectivity index (χ2n) is 7.31. The highest BCUT2D eigenvalue weighted by molar-refractivity contribution is 9.10. The van der Waals surface area contributed by atoms with Crippen molar-refractivity contribution in [3.05, 3.63) is 135 Å². The number of fused-ring (bicyclic) bond motifs is 1. The van der Waals surface area contributed by atoms with Crippen LogP contribution in [0.1, 0.15) is 16.7 Å². The van der Waals surface area contributed by atoms with Crippen LogP contribution in [0.25, 0.3) is 11.2 Å². The number of nitrogens with zero attached hydrogens (tertiary/aromatic N) is 4. The van der Waals surface area contributed by atoms with Crippen LogP contribution >= 0.6 is 15.9 Å². The Balaban J connectivity index is 2.00. The number of rotatable bonds is 5. The van der Waals surface area contributed by atoms with E-state index in [1.807, 2.05) is 95.6 Å². The number of hydrogen-bond acceptors (Lipinski definition) is 4. The van der Waals surface area contributed by atoms with Gasteiger partial charge >= 0.3 is 5.69 Å². The second-order valence-corrected chi connectivity index (χ2v) is 8.13. The van der Waals surface area contributed by atoms with Crippen molar-refractivity contribution in [3.63, 3.8) is 0 Å². The van der Waals surface area contributed by atoms with E-state index >= 15 is 0 Å². The minimum absolute atomic E-state index is 0.0963. The molecule has 0 bridgehead atoms. The number of nitro groups is 1. The minimum Gasteiger partial charge on any atom is -0.306 e. The van der Waals surface area contributed by atoms with Crippen LogP contribution in [-0.4, -0.2) is 19.5 Å². The summed E-state index contributed by atoms with van der Waals surface area (Å²) in [5, 5.41) is 12.0. The Morgan fingerprint density at radius 1 is 0.812 bits per heavy atom. The maximum atomic E-state index is 12.0. The molecule has 0 N–H and O–H groups in total. The average Bonchev–Trinajstić information content (AvgIpc) is 3.21. The third kappa shape index (κ3) is 3.09. The molecule has 2 heterocycles. The lowest BCUT2D eigenvalue weighted by Gasteiger charge is -2.37. The van der Waals surface area contributed by atoms with Crippen LogP contribution in [-0.2, 0) is 5.54 Å². The summed E-state index contributed by atoms with van der Waals surface area (Å²) in [5.74, 6) is 0. The highest BCUT2D eigenvalue weighted by atomic mass is 79.9. The molecule has 0 atom stereocenters. The van der Waals surface area contributed by atoms with E-state index in [1.54, 1.807) is 12.4 Å². The lowest BCUT2D eigenvalue weighted by atomic mass is 9.76. The molecule has 0 saturated heterocycles. The van der Waals surface area contributed by atoms with Crippen molar-refractivity contribution in [2.45, 2.75) is 5.54 Å². The van der Waals surface area contributed by atoms with Crippen molar-refractivity contribution in [2.24, 2.45) is 0 Å². The maximum Gasteiger partial charge on any atom is 0.314 e. The van der Waals surface area contributed by atoms with Gasteiger partial charge in [0.1, 0.15) is 10.1 Å². The number of halogens is 1. The van der Waals surface area contributed by atoms with Crippen molar-refractivity contribution in [1.29, 1.82) is 0 Å². The lowest BCUT2D eigenvalue weighted by molar-refractivity contribution is -0.383. The third-order valence-electron chi connectivity index (χ3n) is 5.58. The van der Waals surface area contributed by atoms with Crippen LogP contribution in [0.5, 0.6) is 0 Å². The van der Waals surface area contributed by atoms with Crippen molar-refractivity contribution in [2.75, 3.05) is 0 Å². The van der Waals surface area contributed by atoms with E-state index in [1.165, 1.54) is 0 Å². The van der Waals surface area contributed by atoms with Gasteiger partial charge in [-0.2, -0.15) is 0 Å². The van der Waals surface area contributed by atoms with E-state index < -0.39 is 10.5 Å². The second kappa shape index (κ2) is 8.01. The monoisotopic (exact) mass is 484 g/mol. The predicted molar refractivity (Wildman–Crippen MR) is 126 cm³/mol. The molecule has 5 rings (SSSR count). The average molecular weight is 485 g/mol. The first kappa shape index (κ1) is 20.1. The van der Waals surface area contributed by atoms with Gasteiger partial charge in [0.25, 0.3) is 0 Å². The first-order valence-electron chi connectivity index (χ1n) is 9.97.